The predicted molar refractivity (Wildman–Crippen MR) is 96.1 cm³/mol. The molecule has 2 N–H and O–H groups in total. The van der Waals surface area contributed by atoms with Crippen LogP contribution in [0.25, 0.3) is 0 Å². The molecule has 1 aliphatic rings. The van der Waals surface area contributed by atoms with Crippen LogP contribution in [-0.4, -0.2) is 38.7 Å². The van der Waals surface area contributed by atoms with Gasteiger partial charge in [0.1, 0.15) is 6.10 Å². The molecule has 2 aromatic rings. The fourth-order valence-corrected chi connectivity index (χ4v) is 3.76. The summed E-state index contributed by atoms with van der Waals surface area (Å²) in [6.45, 7) is 0.0363. The van der Waals surface area contributed by atoms with Crippen molar-refractivity contribution >= 4 is 11.6 Å². The number of hydrogen-bond acceptors (Lipinski definition) is 4. The van der Waals surface area contributed by atoms with Crippen LogP contribution in [0.5, 0.6) is 5.75 Å². The summed E-state index contributed by atoms with van der Waals surface area (Å²) in [5, 5.41) is 15.7. The van der Waals surface area contributed by atoms with E-state index in [0.29, 0.717) is 13.0 Å². The Morgan fingerprint density at radius 1 is 1.31 bits per heavy atom. The van der Waals surface area contributed by atoms with Crippen molar-refractivity contribution in [3.63, 3.8) is 0 Å². The Labute approximate surface area is 177 Å². The number of ether oxygens (including phenoxy) is 1. The quantitative estimate of drug-likeness (QED) is 0.640. The second kappa shape index (κ2) is 7.94. The van der Waals surface area contributed by atoms with E-state index >= 15 is 0 Å². The van der Waals surface area contributed by atoms with Crippen LogP contribution < -0.4 is 5.32 Å². The highest BCUT2D eigenvalue weighted by molar-refractivity contribution is 5.95. The molecule has 32 heavy (non-hydrogen) atoms. The van der Waals surface area contributed by atoms with Crippen LogP contribution in [0, 0.1) is 24.5 Å². The number of aryl methyl sites for hydroxylation is 1. The largest absolute Gasteiger partial charge is 0.505 e. The van der Waals surface area contributed by atoms with Gasteiger partial charge in [-0.25, -0.2) is 9.07 Å². The third kappa shape index (κ3) is 3.78. The Hall–Kier alpha value is -2.83. The van der Waals surface area contributed by atoms with E-state index in [9.17, 15) is 40.6 Å². The Balaban J connectivity index is 2.05. The number of phenolic OH excluding ortho intramolecular Hbond substituents is 1. The summed E-state index contributed by atoms with van der Waals surface area (Å²) >= 11 is 0. The number of aromatic hydroxyl groups is 1. The van der Waals surface area contributed by atoms with Gasteiger partial charge in [0.2, 0.25) is 5.82 Å². The molecule has 3 rings (SSSR count). The standard InChI is InChI=1S/C19H18F7N3O3/c1-7-12(9-4-5-10(20)13(21)14(9)30)15(32-18(7,3)19(24,25)26)16(31)27-11-6-29(17(22)23)28-8(11)2/h4-7,12,15,17,30H,1-3H3,(H,27,31)/t7-,12-,15+,18+/m0/s1. The van der Waals surface area contributed by atoms with E-state index in [1.807, 2.05) is 0 Å². The van der Waals surface area contributed by atoms with Crippen molar-refractivity contribution < 1.29 is 45.4 Å². The summed E-state index contributed by atoms with van der Waals surface area (Å²) in [5.41, 5.74) is -3.61. The Morgan fingerprint density at radius 3 is 2.47 bits per heavy atom. The summed E-state index contributed by atoms with van der Waals surface area (Å²) in [4.78, 5) is 12.9. The highest BCUT2D eigenvalue weighted by Crippen LogP contribution is 2.54. The highest BCUT2D eigenvalue weighted by Gasteiger charge is 2.65. The van der Waals surface area contributed by atoms with Gasteiger partial charge in [-0.3, -0.25) is 4.79 Å². The number of nitrogens with one attached hydrogen (secondary N) is 1. The molecule has 1 aromatic heterocycles. The summed E-state index contributed by atoms with van der Waals surface area (Å²) in [6, 6.07) is 1.47. The van der Waals surface area contributed by atoms with Gasteiger partial charge in [-0.2, -0.15) is 31.4 Å². The lowest BCUT2D eigenvalue weighted by Gasteiger charge is -2.31. The monoisotopic (exact) mass is 469 g/mol. The third-order valence-electron chi connectivity index (χ3n) is 5.76. The van der Waals surface area contributed by atoms with Crippen molar-refractivity contribution in [2.45, 2.75) is 51.1 Å². The number of alkyl halides is 5. The van der Waals surface area contributed by atoms with Crippen molar-refractivity contribution in [2.24, 2.45) is 5.92 Å². The number of anilines is 1. The van der Waals surface area contributed by atoms with Gasteiger partial charge in [0.15, 0.2) is 17.2 Å². The zero-order valence-electron chi connectivity index (χ0n) is 16.8. The summed E-state index contributed by atoms with van der Waals surface area (Å²) in [6.07, 6.45) is -6.12. The van der Waals surface area contributed by atoms with Crippen LogP contribution in [-0.2, 0) is 9.53 Å². The lowest BCUT2D eigenvalue weighted by molar-refractivity contribution is -0.272. The second-order valence-corrected chi connectivity index (χ2v) is 7.63. The topological polar surface area (TPSA) is 76.4 Å². The van der Waals surface area contributed by atoms with Crippen LogP contribution in [0.1, 0.15) is 37.6 Å². The molecule has 176 valence electrons. The van der Waals surface area contributed by atoms with E-state index in [4.69, 9.17) is 4.74 Å². The molecule has 1 amide bonds. The van der Waals surface area contributed by atoms with E-state index in [2.05, 4.69) is 10.4 Å². The molecule has 0 unspecified atom stereocenters. The maximum atomic E-state index is 13.9. The Morgan fingerprint density at radius 2 is 1.94 bits per heavy atom. The molecular formula is C19H18F7N3O3. The minimum atomic E-state index is -4.97. The molecule has 2 heterocycles. The zero-order valence-corrected chi connectivity index (χ0v) is 16.8. The van der Waals surface area contributed by atoms with E-state index in [0.717, 1.165) is 19.2 Å². The van der Waals surface area contributed by atoms with Crippen molar-refractivity contribution in [3.05, 3.63) is 41.2 Å². The normalized spacial score (nSPS) is 26.0. The summed E-state index contributed by atoms with van der Waals surface area (Å²) in [5.74, 6) is -8.63. The summed E-state index contributed by atoms with van der Waals surface area (Å²) in [7, 11) is 0. The van der Waals surface area contributed by atoms with Crippen molar-refractivity contribution in [1.82, 2.24) is 9.78 Å². The SMILES string of the molecule is Cc1nn(C(F)F)cc1NC(=O)[C@@H]1O[C@@](C)(C(F)(F)F)[C@@H](C)[C@H]1c1ccc(F)c(F)c1O. The zero-order chi connectivity index (χ0) is 24.2. The van der Waals surface area contributed by atoms with Gasteiger partial charge < -0.3 is 15.2 Å². The van der Waals surface area contributed by atoms with Crippen LogP contribution in [0.4, 0.5) is 36.4 Å². The lowest BCUT2D eigenvalue weighted by atomic mass is 9.77. The van der Waals surface area contributed by atoms with Crippen LogP contribution >= 0.6 is 0 Å². The number of carbonyl (C=O) groups is 1. The number of rotatable bonds is 4. The molecule has 0 radical (unpaired) electrons. The number of hydrogen-bond donors (Lipinski definition) is 2. The fourth-order valence-electron chi connectivity index (χ4n) is 3.76. The first-order chi connectivity index (χ1) is 14.7. The first-order valence-electron chi connectivity index (χ1n) is 9.25. The van der Waals surface area contributed by atoms with Crippen LogP contribution in [0.2, 0.25) is 0 Å². The molecule has 1 aliphatic heterocycles. The number of phenols is 1. The van der Waals surface area contributed by atoms with Gasteiger partial charge in [0.25, 0.3) is 5.91 Å². The van der Waals surface area contributed by atoms with Crippen molar-refractivity contribution in [2.75, 3.05) is 5.32 Å². The van der Waals surface area contributed by atoms with Gasteiger partial charge in [0.05, 0.1) is 17.6 Å². The minimum absolute atomic E-state index is 0.0458. The molecule has 6 nitrogen and oxygen atoms in total. The van der Waals surface area contributed by atoms with E-state index in [-0.39, 0.29) is 16.1 Å². The maximum Gasteiger partial charge on any atom is 0.417 e. The summed E-state index contributed by atoms with van der Waals surface area (Å²) < 4.78 is 99.8. The number of nitrogens with zero attached hydrogens (tertiary/aromatic N) is 2. The number of carbonyl (C=O) groups excluding carboxylic acids is 1. The first kappa shape index (κ1) is 23.8. The molecule has 1 saturated heterocycles. The number of aromatic nitrogens is 2. The molecule has 1 aromatic carbocycles. The average molecular weight is 469 g/mol. The number of amides is 1. The van der Waals surface area contributed by atoms with Crippen LogP contribution in [0.15, 0.2) is 18.3 Å². The molecule has 0 aliphatic carbocycles. The Kier molecular flexibility index (Phi) is 5.91. The third-order valence-corrected chi connectivity index (χ3v) is 5.76. The van der Waals surface area contributed by atoms with Gasteiger partial charge in [-0.15, -0.1) is 0 Å². The van der Waals surface area contributed by atoms with Gasteiger partial charge in [-0.05, 0) is 19.9 Å². The molecule has 0 saturated carbocycles. The lowest BCUT2D eigenvalue weighted by Crippen LogP contribution is -2.47. The predicted octanol–water partition coefficient (Wildman–Crippen LogP) is 4.65. The first-order valence-corrected chi connectivity index (χ1v) is 9.25. The minimum Gasteiger partial charge on any atom is -0.505 e. The number of benzene rings is 1. The highest BCUT2D eigenvalue weighted by atomic mass is 19.4. The van der Waals surface area contributed by atoms with Crippen LogP contribution in [0.3, 0.4) is 0 Å². The molecular weight excluding hydrogens is 451 g/mol. The maximum absolute atomic E-state index is 13.9. The molecule has 1 fully saturated rings. The van der Waals surface area contributed by atoms with E-state index in [1.165, 1.54) is 6.92 Å². The van der Waals surface area contributed by atoms with Gasteiger partial charge in [0, 0.05) is 17.4 Å². The van der Waals surface area contributed by atoms with Gasteiger partial charge >= 0.3 is 12.7 Å². The average Bonchev–Trinajstić information content (AvgIpc) is 3.19. The Bertz CT molecular complexity index is 1040. The number of halogens is 7. The smallest absolute Gasteiger partial charge is 0.417 e. The second-order valence-electron chi connectivity index (χ2n) is 7.63. The van der Waals surface area contributed by atoms with Crippen molar-refractivity contribution in [1.29, 1.82) is 0 Å². The fraction of sp³-hybridized carbons (Fsp3) is 0.474. The molecule has 0 spiro atoms. The van der Waals surface area contributed by atoms with Crippen molar-refractivity contribution in [3.8, 4) is 5.75 Å². The molecule has 13 heteroatoms. The molecule has 4 atom stereocenters. The van der Waals surface area contributed by atoms with E-state index < -0.39 is 65.1 Å². The van der Waals surface area contributed by atoms with E-state index in [1.54, 1.807) is 0 Å². The van der Waals surface area contributed by atoms with Gasteiger partial charge in [-0.1, -0.05) is 13.0 Å². The molecule has 0 bridgehead atoms.